The van der Waals surface area contributed by atoms with E-state index in [0.717, 1.165) is 11.1 Å². The zero-order valence-corrected chi connectivity index (χ0v) is 6.83. The highest BCUT2D eigenvalue weighted by Crippen LogP contribution is 2.13. The molecule has 0 heterocycles. The average Bonchev–Trinajstić information content (AvgIpc) is 2.09. The molecular formula is C8H12N2O2. The van der Waals surface area contributed by atoms with E-state index in [4.69, 9.17) is 10.4 Å². The Bertz CT molecular complexity index is 263. The Morgan fingerprint density at radius 2 is 2.08 bits per heavy atom. The maximum atomic E-state index is 8.57. The quantitative estimate of drug-likeness (QED) is 0.513. The molecule has 1 aromatic rings. The fraction of sp³-hybridized carbons (Fsp3) is 0.250. The van der Waals surface area contributed by atoms with Crippen LogP contribution < -0.4 is 11.0 Å². The molecule has 0 aliphatic heterocycles. The molecule has 0 fully saturated rings. The van der Waals surface area contributed by atoms with Gasteiger partial charge in [-0.1, -0.05) is 6.07 Å². The Balaban J connectivity index is 2.87. The molecule has 0 aromatic heterocycles. The average molecular weight is 168 g/mol. The van der Waals surface area contributed by atoms with Crippen LogP contribution in [0.2, 0.25) is 0 Å². The maximum absolute atomic E-state index is 8.57. The van der Waals surface area contributed by atoms with E-state index >= 15 is 0 Å². The second kappa shape index (κ2) is 4.06. The Hall–Kier alpha value is -1.10. The van der Waals surface area contributed by atoms with Gasteiger partial charge in [-0.2, -0.15) is 0 Å². The minimum absolute atomic E-state index is 0.414. The van der Waals surface area contributed by atoms with Gasteiger partial charge >= 0.3 is 0 Å². The molecule has 4 nitrogen and oxygen atoms in total. The largest absolute Gasteiger partial charge is 0.316 e. The first-order valence-corrected chi connectivity index (χ1v) is 3.64. The van der Waals surface area contributed by atoms with Gasteiger partial charge < -0.3 is 5.21 Å². The molecule has 0 radical (unpaired) electrons. The third kappa shape index (κ3) is 1.94. The Kier molecular flexibility index (Phi) is 3.04. The van der Waals surface area contributed by atoms with Gasteiger partial charge in [0.25, 0.3) is 0 Å². The molecule has 0 unspecified atom stereocenters. The molecule has 0 amide bonds. The van der Waals surface area contributed by atoms with E-state index < -0.39 is 0 Å². The van der Waals surface area contributed by atoms with Gasteiger partial charge in [0, 0.05) is 6.54 Å². The molecule has 0 aliphatic rings. The summed E-state index contributed by atoms with van der Waals surface area (Å²) >= 11 is 0. The summed E-state index contributed by atoms with van der Waals surface area (Å²) < 4.78 is 0. The van der Waals surface area contributed by atoms with Crippen LogP contribution in [0.25, 0.3) is 0 Å². The number of hydrogen-bond acceptors (Lipinski definition) is 4. The topological polar surface area (TPSA) is 64.5 Å². The molecule has 1 rings (SSSR count). The number of hydroxylamine groups is 1. The zero-order valence-electron chi connectivity index (χ0n) is 6.83. The van der Waals surface area contributed by atoms with E-state index in [9.17, 15) is 0 Å². The number of aryl methyl sites for hydroxylation is 1. The molecule has 0 bridgehead atoms. The summed E-state index contributed by atoms with van der Waals surface area (Å²) in [6.45, 7) is 2.32. The Labute approximate surface area is 70.8 Å². The van der Waals surface area contributed by atoms with E-state index in [2.05, 4.69) is 11.0 Å². The van der Waals surface area contributed by atoms with Crippen molar-refractivity contribution < 1.29 is 10.4 Å². The summed E-state index contributed by atoms with van der Waals surface area (Å²) in [5, 5.41) is 17.0. The first-order chi connectivity index (χ1) is 5.77. The van der Waals surface area contributed by atoms with E-state index in [0.29, 0.717) is 12.2 Å². The first-order valence-electron chi connectivity index (χ1n) is 3.64. The van der Waals surface area contributed by atoms with E-state index in [-0.39, 0.29) is 0 Å². The van der Waals surface area contributed by atoms with Crippen LogP contribution in [0.5, 0.6) is 0 Å². The number of anilines is 1. The van der Waals surface area contributed by atoms with Crippen LogP contribution in [0.1, 0.15) is 11.1 Å². The lowest BCUT2D eigenvalue weighted by molar-refractivity contribution is 0.161. The van der Waals surface area contributed by atoms with Crippen LogP contribution in [0.15, 0.2) is 18.2 Å². The molecule has 4 heteroatoms. The first kappa shape index (κ1) is 8.99. The van der Waals surface area contributed by atoms with Gasteiger partial charge in [-0.25, -0.2) is 5.48 Å². The number of rotatable bonds is 3. The lowest BCUT2D eigenvalue weighted by Gasteiger charge is -2.06. The molecule has 0 saturated carbocycles. The van der Waals surface area contributed by atoms with E-state index in [1.54, 1.807) is 12.1 Å². The molecule has 0 saturated heterocycles. The third-order valence-electron chi connectivity index (χ3n) is 1.74. The predicted molar refractivity (Wildman–Crippen MR) is 45.2 cm³/mol. The van der Waals surface area contributed by atoms with Crippen molar-refractivity contribution in [3.05, 3.63) is 29.3 Å². The summed E-state index contributed by atoms with van der Waals surface area (Å²) in [5.74, 6) is 0. The van der Waals surface area contributed by atoms with Crippen LogP contribution in [0.3, 0.4) is 0 Å². The predicted octanol–water partition coefficient (Wildman–Crippen LogP) is 1.27. The molecule has 0 spiro atoms. The van der Waals surface area contributed by atoms with Gasteiger partial charge in [0.2, 0.25) is 0 Å². The fourth-order valence-electron chi connectivity index (χ4n) is 1.05. The maximum Gasteiger partial charge on any atom is 0.0604 e. The lowest BCUT2D eigenvalue weighted by atomic mass is 10.1. The second-order valence-corrected chi connectivity index (χ2v) is 2.59. The van der Waals surface area contributed by atoms with Crippen molar-refractivity contribution in [2.45, 2.75) is 13.5 Å². The summed E-state index contributed by atoms with van der Waals surface area (Å²) in [6.07, 6.45) is 0. The summed E-state index contributed by atoms with van der Waals surface area (Å²) in [5.41, 5.74) is 6.79. The molecule has 0 atom stereocenters. The molecule has 4 N–H and O–H groups in total. The number of benzene rings is 1. The lowest BCUT2D eigenvalue weighted by Crippen LogP contribution is -2.07. The minimum Gasteiger partial charge on any atom is -0.316 e. The normalized spacial score (nSPS) is 9.92. The van der Waals surface area contributed by atoms with E-state index in [1.165, 1.54) is 0 Å². The van der Waals surface area contributed by atoms with Crippen molar-refractivity contribution in [2.24, 2.45) is 0 Å². The number of hydrogen-bond donors (Lipinski definition) is 4. The van der Waals surface area contributed by atoms with Gasteiger partial charge in [-0.15, -0.1) is 0 Å². The van der Waals surface area contributed by atoms with E-state index in [1.807, 2.05) is 13.0 Å². The standard InChI is InChI=1S/C8H12N2O2/c1-6-4-8(10-12)3-2-7(6)5-9-11/h2-4,9-12H,5H2,1H3. The molecule has 12 heavy (non-hydrogen) atoms. The SMILES string of the molecule is Cc1cc(NO)ccc1CNO. The van der Waals surface area contributed by atoms with Crippen molar-refractivity contribution in [3.63, 3.8) is 0 Å². The highest BCUT2D eigenvalue weighted by atomic mass is 16.5. The van der Waals surface area contributed by atoms with Gasteiger partial charge in [-0.05, 0) is 30.2 Å². The van der Waals surface area contributed by atoms with Crippen molar-refractivity contribution in [2.75, 3.05) is 5.48 Å². The van der Waals surface area contributed by atoms with Gasteiger partial charge in [0.1, 0.15) is 0 Å². The minimum atomic E-state index is 0.414. The van der Waals surface area contributed by atoms with Crippen LogP contribution in [-0.4, -0.2) is 10.4 Å². The summed E-state index contributed by atoms with van der Waals surface area (Å²) in [4.78, 5) is 0. The molecule has 1 aromatic carbocycles. The highest BCUT2D eigenvalue weighted by molar-refractivity contribution is 5.46. The zero-order chi connectivity index (χ0) is 8.97. The number of nitrogens with one attached hydrogen (secondary N) is 2. The van der Waals surface area contributed by atoms with Gasteiger partial charge in [0.15, 0.2) is 0 Å². The smallest absolute Gasteiger partial charge is 0.0604 e. The van der Waals surface area contributed by atoms with Crippen molar-refractivity contribution in [1.29, 1.82) is 0 Å². The molecule has 0 aliphatic carbocycles. The Morgan fingerprint density at radius 3 is 2.58 bits per heavy atom. The van der Waals surface area contributed by atoms with Crippen molar-refractivity contribution >= 4 is 5.69 Å². The summed E-state index contributed by atoms with van der Waals surface area (Å²) in [6, 6.07) is 5.36. The summed E-state index contributed by atoms with van der Waals surface area (Å²) in [7, 11) is 0. The van der Waals surface area contributed by atoms with Crippen LogP contribution in [0, 0.1) is 6.92 Å². The monoisotopic (exact) mass is 168 g/mol. The van der Waals surface area contributed by atoms with Gasteiger partial charge in [0.05, 0.1) is 5.69 Å². The van der Waals surface area contributed by atoms with Crippen LogP contribution in [0.4, 0.5) is 5.69 Å². The Morgan fingerprint density at radius 1 is 1.33 bits per heavy atom. The van der Waals surface area contributed by atoms with Crippen LogP contribution >= 0.6 is 0 Å². The van der Waals surface area contributed by atoms with Crippen LogP contribution in [-0.2, 0) is 6.54 Å². The second-order valence-electron chi connectivity index (χ2n) is 2.59. The molecular weight excluding hydrogens is 156 g/mol. The molecule has 66 valence electrons. The van der Waals surface area contributed by atoms with Crippen molar-refractivity contribution in [3.8, 4) is 0 Å². The van der Waals surface area contributed by atoms with Gasteiger partial charge in [-0.3, -0.25) is 10.7 Å². The third-order valence-corrected chi connectivity index (χ3v) is 1.74. The van der Waals surface area contributed by atoms with Crippen molar-refractivity contribution in [1.82, 2.24) is 5.48 Å². The highest BCUT2D eigenvalue weighted by Gasteiger charge is 1.97. The fourth-order valence-corrected chi connectivity index (χ4v) is 1.05.